The van der Waals surface area contributed by atoms with Crippen LogP contribution in [0.3, 0.4) is 0 Å². The highest BCUT2D eigenvalue weighted by Crippen LogP contribution is 2.25. The lowest BCUT2D eigenvalue weighted by molar-refractivity contribution is -0.860. The van der Waals surface area contributed by atoms with Crippen LogP contribution in [-0.2, 0) is 25.6 Å². The number of fused-ring (bicyclic) bond motifs is 12. The molecular formula is C37H50N6O7. The summed E-state index contributed by atoms with van der Waals surface area (Å²) >= 11 is 0. The molecule has 13 heteroatoms. The third-order valence-corrected chi connectivity index (χ3v) is 9.32. The number of nitrogens with one attached hydrogen (secondary N) is 5. The molecule has 0 saturated carbocycles. The van der Waals surface area contributed by atoms with Crippen LogP contribution < -0.4 is 26.0 Å². The first-order chi connectivity index (χ1) is 23.4. The molecule has 2 aliphatic heterocycles. The Bertz CT molecular complexity index is 1710. The van der Waals surface area contributed by atoms with Crippen molar-refractivity contribution in [2.24, 2.45) is 11.8 Å². The molecule has 5 atom stereocenters. The van der Waals surface area contributed by atoms with Gasteiger partial charge in [0.25, 0.3) is 5.91 Å². The topological polar surface area (TPSA) is 182 Å². The monoisotopic (exact) mass is 690 g/mol. The number of ether oxygens (including phenoxy) is 1. The van der Waals surface area contributed by atoms with Gasteiger partial charge >= 0.3 is 0 Å². The quantitative estimate of drug-likeness (QED) is 0.160. The number of hydroxylamine groups is 3. The fourth-order valence-corrected chi connectivity index (χ4v) is 6.39. The van der Waals surface area contributed by atoms with Crippen molar-refractivity contribution in [1.29, 1.82) is 0 Å². The Labute approximate surface area is 293 Å². The highest BCUT2D eigenvalue weighted by atomic mass is 16.5. The summed E-state index contributed by atoms with van der Waals surface area (Å²) in [6, 6.07) is 9.25. The number of H-pyrrole nitrogens is 1. The predicted molar refractivity (Wildman–Crippen MR) is 190 cm³/mol. The molecule has 5 rings (SSSR count). The van der Waals surface area contributed by atoms with Gasteiger partial charge in [0.15, 0.2) is 11.8 Å². The molecule has 1 aromatic heterocycles. The maximum Gasteiger partial charge on any atom is 0.279 e. The van der Waals surface area contributed by atoms with E-state index in [1.54, 1.807) is 58.2 Å². The van der Waals surface area contributed by atoms with E-state index in [1.807, 2.05) is 38.1 Å². The van der Waals surface area contributed by atoms with Crippen molar-refractivity contribution in [2.75, 3.05) is 20.6 Å². The molecule has 3 heterocycles. The summed E-state index contributed by atoms with van der Waals surface area (Å²) in [4.78, 5) is 71.6. The maximum absolute atomic E-state index is 14.3. The molecule has 0 radical (unpaired) electrons. The van der Waals surface area contributed by atoms with Gasteiger partial charge in [0.2, 0.25) is 17.7 Å². The number of likely N-dealkylation sites (N-methyl/N-ethyl adjacent to an activating group) is 1. The molecule has 50 heavy (non-hydrogen) atoms. The van der Waals surface area contributed by atoms with Crippen LogP contribution in [0.1, 0.15) is 63.9 Å². The average molecular weight is 691 g/mol. The Morgan fingerprint density at radius 2 is 1.66 bits per heavy atom. The van der Waals surface area contributed by atoms with Gasteiger partial charge in [0.1, 0.15) is 29.5 Å². The van der Waals surface area contributed by atoms with Crippen LogP contribution in [0.4, 0.5) is 0 Å². The second kappa shape index (κ2) is 15.4. The van der Waals surface area contributed by atoms with Gasteiger partial charge < -0.3 is 40.8 Å². The lowest BCUT2D eigenvalue weighted by atomic mass is 9.93. The first-order valence-corrected chi connectivity index (χ1v) is 17.0. The van der Waals surface area contributed by atoms with E-state index in [0.717, 1.165) is 16.5 Å². The molecule has 2 aromatic carbocycles. The van der Waals surface area contributed by atoms with Crippen LogP contribution >= 0.6 is 0 Å². The predicted octanol–water partition coefficient (Wildman–Crippen LogP) is 2.98. The zero-order valence-corrected chi connectivity index (χ0v) is 30.1. The van der Waals surface area contributed by atoms with Crippen LogP contribution in [-0.4, -0.2) is 89.5 Å². The summed E-state index contributed by atoms with van der Waals surface area (Å²) in [5.41, 5.74) is 0.568. The molecule has 0 spiro atoms. The number of hydrogen-bond acceptors (Lipinski definition) is 7. The zero-order valence-electron chi connectivity index (χ0n) is 30.1. The van der Waals surface area contributed by atoms with Crippen molar-refractivity contribution in [3.63, 3.8) is 0 Å². The fourth-order valence-electron chi connectivity index (χ4n) is 6.39. The van der Waals surface area contributed by atoms with Crippen molar-refractivity contribution in [3.05, 3.63) is 71.1 Å². The minimum atomic E-state index is -1.41. The first-order valence-electron chi connectivity index (χ1n) is 17.0. The molecule has 0 aliphatic carbocycles. The van der Waals surface area contributed by atoms with Gasteiger partial charge in [0, 0.05) is 35.0 Å². The summed E-state index contributed by atoms with van der Waals surface area (Å²) < 4.78 is 5.40. The number of amides is 4. The van der Waals surface area contributed by atoms with Crippen molar-refractivity contribution < 1.29 is 33.4 Å². The third-order valence-electron chi connectivity index (χ3n) is 9.32. The smallest absolute Gasteiger partial charge is 0.279 e. The van der Waals surface area contributed by atoms with Gasteiger partial charge in [0.05, 0.1) is 20.6 Å². The zero-order chi connectivity index (χ0) is 37.0. The van der Waals surface area contributed by atoms with Crippen LogP contribution in [0.5, 0.6) is 5.75 Å². The highest BCUT2D eigenvalue weighted by molar-refractivity contribution is 6.01. The second-order valence-electron chi connectivity index (χ2n) is 14.4. The summed E-state index contributed by atoms with van der Waals surface area (Å²) in [7, 11) is 2.79. The number of rotatable bonds is 10. The van der Waals surface area contributed by atoms with E-state index in [9.17, 15) is 29.2 Å². The number of carbonyl (C=O) groups excluding carboxylic acids is 5. The third kappa shape index (κ3) is 8.88. The number of quaternary nitrogens is 1. The maximum atomic E-state index is 14.3. The largest absolute Gasteiger partial charge is 0.633 e. The van der Waals surface area contributed by atoms with E-state index >= 15 is 0 Å². The Kier molecular flexibility index (Phi) is 11.7. The van der Waals surface area contributed by atoms with E-state index in [1.165, 1.54) is 14.1 Å². The highest BCUT2D eigenvalue weighted by Gasteiger charge is 2.43. The number of aromatic amines is 1. The fraction of sp³-hybridized carbons (Fsp3) is 0.486. The van der Waals surface area contributed by atoms with Gasteiger partial charge in [-0.3, -0.25) is 24.0 Å². The average Bonchev–Trinajstić information content (AvgIpc) is 3.45. The molecule has 4 amide bonds. The SMILES string of the molecule is CCC(C)[C@@H](C(=O)N[C@H](C(=O)N[C@@H]1C(=O)N[C@@H](Cc2c[nH]c3ccccc23)C(=O)NCC(=O)c2ccc(cc2)OC1(C)C)C(C)C)[N+](C)(C)[O-]. The second-order valence-corrected chi connectivity index (χ2v) is 14.4. The minimum Gasteiger partial charge on any atom is -0.633 e. The van der Waals surface area contributed by atoms with Crippen molar-refractivity contribution in [1.82, 2.24) is 26.3 Å². The molecule has 270 valence electrons. The van der Waals surface area contributed by atoms with Crippen LogP contribution in [0.25, 0.3) is 10.9 Å². The molecule has 2 aliphatic rings. The number of para-hydroxylation sites is 1. The Morgan fingerprint density at radius 3 is 2.28 bits per heavy atom. The summed E-state index contributed by atoms with van der Waals surface area (Å²) in [5, 5.41) is 24.9. The van der Waals surface area contributed by atoms with Crippen molar-refractivity contribution in [3.8, 4) is 5.75 Å². The summed E-state index contributed by atoms with van der Waals surface area (Å²) in [6.45, 7) is 10.2. The molecule has 0 fully saturated rings. The van der Waals surface area contributed by atoms with E-state index in [-0.39, 0.29) is 24.7 Å². The van der Waals surface area contributed by atoms with Gasteiger partial charge in [-0.15, -0.1) is 0 Å². The molecular weight excluding hydrogens is 640 g/mol. The normalized spacial score (nSPS) is 20.2. The number of Topliss-reactive ketones (excluding diaryl/α,β-unsaturated/α-hetero) is 1. The molecule has 0 saturated heterocycles. The number of carbonyl (C=O) groups is 5. The van der Waals surface area contributed by atoms with Crippen LogP contribution in [0.15, 0.2) is 54.7 Å². The lowest BCUT2D eigenvalue weighted by Crippen LogP contribution is -2.66. The number of ketones is 1. The minimum absolute atomic E-state index is 0.0798. The summed E-state index contributed by atoms with van der Waals surface area (Å²) in [5.74, 6) is -3.19. The van der Waals surface area contributed by atoms with E-state index in [4.69, 9.17) is 4.74 Å². The molecule has 13 nitrogen and oxygen atoms in total. The molecule has 3 aromatic rings. The summed E-state index contributed by atoms with van der Waals surface area (Å²) in [6.07, 6.45) is 2.42. The van der Waals surface area contributed by atoms with Gasteiger partial charge in [-0.2, -0.15) is 0 Å². The number of benzene rings is 2. The number of hydrogen-bond donors (Lipinski definition) is 5. The van der Waals surface area contributed by atoms with Gasteiger partial charge in [-0.05, 0) is 62.1 Å². The Balaban J connectivity index is 1.70. The van der Waals surface area contributed by atoms with E-state index < -0.39 is 64.0 Å². The van der Waals surface area contributed by atoms with Crippen molar-refractivity contribution >= 4 is 40.3 Å². The first kappa shape index (κ1) is 38.1. The van der Waals surface area contributed by atoms with E-state index in [0.29, 0.717) is 17.7 Å². The molecule has 5 N–H and O–H groups in total. The standard InChI is InChI=1S/C37H50N6O7/c1-9-22(4)31(43(7,8)49)35(47)41-30(21(2)3)34(46)42-32-36(48)40-28(18-24-19-38-27-13-11-10-12-26(24)27)33(45)39-20-29(44)23-14-16-25(17-15-23)50-37(32,5)6/h10-17,19,21-22,28,30-32,38H,9,18,20H2,1-8H3,(H,39,45)(H,40,48)(H,41,47)(H,42,46)/t22?,28-,30-,31-,32+/m0/s1. The Hall–Kier alpha value is -4.75. The lowest BCUT2D eigenvalue weighted by Gasteiger charge is -2.44. The van der Waals surface area contributed by atoms with E-state index in [2.05, 4.69) is 26.3 Å². The van der Waals surface area contributed by atoms with Crippen molar-refractivity contribution in [2.45, 2.75) is 84.2 Å². The number of aromatic nitrogens is 1. The molecule has 1 unspecified atom stereocenters. The van der Waals surface area contributed by atoms with Gasteiger partial charge in [-0.1, -0.05) is 45.9 Å². The molecule has 2 bridgehead atoms. The van der Waals surface area contributed by atoms with Gasteiger partial charge in [-0.25, -0.2) is 0 Å². The number of nitrogens with zero attached hydrogens (tertiary/aromatic N) is 1. The van der Waals surface area contributed by atoms with Crippen LogP contribution in [0, 0.1) is 17.0 Å². The Morgan fingerprint density at radius 1 is 1.00 bits per heavy atom. The van der Waals surface area contributed by atoms with Crippen LogP contribution in [0.2, 0.25) is 0 Å².